The maximum absolute atomic E-state index is 12.4. The number of thioether (sulfide) groups is 1. The minimum absolute atomic E-state index is 0.0962. The number of para-hydroxylation sites is 1. The highest BCUT2D eigenvalue weighted by molar-refractivity contribution is 8.18. The first-order valence-corrected chi connectivity index (χ1v) is 9.87. The number of rotatable bonds is 6. The Bertz CT molecular complexity index is 1120. The third-order valence-corrected chi connectivity index (χ3v) is 5.22. The number of aromatic hydroxyl groups is 1. The molecule has 0 saturated carbocycles. The highest BCUT2D eigenvalue weighted by atomic mass is 32.2. The summed E-state index contributed by atoms with van der Waals surface area (Å²) in [5.41, 5.74) is 0.501. The highest BCUT2D eigenvalue weighted by Gasteiger charge is 2.33. The van der Waals surface area contributed by atoms with Crippen molar-refractivity contribution >= 4 is 40.2 Å². The summed E-state index contributed by atoms with van der Waals surface area (Å²) in [7, 11) is 1.42. The van der Waals surface area contributed by atoms with Crippen LogP contribution < -0.4 is 4.74 Å². The van der Waals surface area contributed by atoms with Gasteiger partial charge in [-0.1, -0.05) is 23.9 Å². The number of benzene rings is 2. The summed E-state index contributed by atoms with van der Waals surface area (Å²) >= 11 is 1.00. The number of ether oxygens (including phenoxy) is 2. The molecule has 0 saturated heterocycles. The van der Waals surface area contributed by atoms with Crippen molar-refractivity contribution in [1.82, 2.24) is 0 Å². The number of esters is 1. The Hall–Kier alpha value is -3.79. The summed E-state index contributed by atoms with van der Waals surface area (Å²) in [4.78, 5) is 27.4. The zero-order valence-corrected chi connectivity index (χ0v) is 17.4. The van der Waals surface area contributed by atoms with E-state index in [0.717, 1.165) is 11.8 Å². The lowest BCUT2D eigenvalue weighted by molar-refractivity contribution is -0.384. The van der Waals surface area contributed by atoms with Gasteiger partial charge in [0, 0.05) is 17.7 Å². The van der Waals surface area contributed by atoms with Gasteiger partial charge >= 0.3 is 5.97 Å². The number of aliphatic hydroxyl groups is 1. The Morgan fingerprint density at radius 1 is 1.23 bits per heavy atom. The van der Waals surface area contributed by atoms with Gasteiger partial charge < -0.3 is 19.7 Å². The number of nitro benzene ring substituents is 1. The van der Waals surface area contributed by atoms with E-state index in [1.54, 1.807) is 25.1 Å². The first kappa shape index (κ1) is 21.9. The van der Waals surface area contributed by atoms with Crippen molar-refractivity contribution in [2.75, 3.05) is 13.7 Å². The van der Waals surface area contributed by atoms with Crippen LogP contribution in [0, 0.1) is 10.1 Å². The predicted octanol–water partition coefficient (Wildman–Crippen LogP) is 4.50. The number of aliphatic imine (C=N–C) groups is 1. The maximum Gasteiger partial charge on any atom is 0.344 e. The third kappa shape index (κ3) is 4.69. The number of hydrogen-bond acceptors (Lipinski definition) is 9. The fraction of sp³-hybridized carbons (Fsp3) is 0.143. The van der Waals surface area contributed by atoms with Crippen molar-refractivity contribution in [2.24, 2.45) is 4.99 Å². The second kappa shape index (κ2) is 9.35. The maximum atomic E-state index is 12.4. The fourth-order valence-electron chi connectivity index (χ4n) is 2.72. The van der Waals surface area contributed by atoms with E-state index in [2.05, 4.69) is 4.99 Å². The van der Waals surface area contributed by atoms with Crippen molar-refractivity contribution in [3.63, 3.8) is 0 Å². The minimum Gasteiger partial charge on any atom is -0.506 e. The molecule has 0 spiro atoms. The molecule has 0 fully saturated rings. The number of phenols is 1. The van der Waals surface area contributed by atoms with Gasteiger partial charge in [0.05, 0.1) is 29.2 Å². The topological polar surface area (TPSA) is 131 Å². The Morgan fingerprint density at radius 3 is 2.55 bits per heavy atom. The Labute approximate surface area is 181 Å². The van der Waals surface area contributed by atoms with Crippen molar-refractivity contribution in [3.8, 4) is 11.5 Å². The molecule has 0 unspecified atom stereocenters. The first-order valence-electron chi connectivity index (χ1n) is 9.05. The summed E-state index contributed by atoms with van der Waals surface area (Å²) in [6.07, 6.45) is 1.50. The van der Waals surface area contributed by atoms with Gasteiger partial charge in [-0.25, -0.2) is 9.79 Å². The molecule has 0 amide bonds. The third-order valence-electron chi connectivity index (χ3n) is 4.20. The lowest BCUT2D eigenvalue weighted by Crippen LogP contribution is -2.12. The number of phenolic OH excluding ortho intramolecular Hbond substituents is 1. The van der Waals surface area contributed by atoms with Crippen molar-refractivity contribution in [1.29, 1.82) is 0 Å². The molecule has 9 nitrogen and oxygen atoms in total. The number of hydrogen-bond donors (Lipinski definition) is 2. The van der Waals surface area contributed by atoms with E-state index in [4.69, 9.17) is 9.47 Å². The van der Waals surface area contributed by atoms with Crippen LogP contribution in [0.25, 0.3) is 6.08 Å². The lowest BCUT2D eigenvalue weighted by Gasteiger charge is -2.06. The number of carbonyl (C=O) groups is 1. The molecule has 1 aliphatic heterocycles. The van der Waals surface area contributed by atoms with Crippen LogP contribution in [0.5, 0.6) is 11.5 Å². The molecule has 0 bridgehead atoms. The molecular formula is C21H18N2O7S. The molecule has 1 aliphatic rings. The van der Waals surface area contributed by atoms with Crippen LogP contribution in [-0.4, -0.2) is 39.9 Å². The van der Waals surface area contributed by atoms with Crippen LogP contribution in [0.4, 0.5) is 11.4 Å². The van der Waals surface area contributed by atoms with Crippen molar-refractivity contribution < 1.29 is 29.4 Å². The average Bonchev–Trinajstić information content (AvgIpc) is 3.05. The molecule has 10 heteroatoms. The fourth-order valence-corrected chi connectivity index (χ4v) is 3.75. The summed E-state index contributed by atoms with van der Waals surface area (Å²) in [6, 6.07) is 10.3. The van der Waals surface area contributed by atoms with Gasteiger partial charge in [0.15, 0.2) is 11.5 Å². The van der Waals surface area contributed by atoms with Crippen LogP contribution in [0.15, 0.2) is 63.7 Å². The predicted molar refractivity (Wildman–Crippen MR) is 117 cm³/mol. The van der Waals surface area contributed by atoms with Gasteiger partial charge in [0.2, 0.25) is 0 Å². The number of aliphatic hydroxyl groups excluding tert-OH is 1. The van der Waals surface area contributed by atoms with Crippen molar-refractivity contribution in [2.45, 2.75) is 6.92 Å². The second-order valence-electron chi connectivity index (χ2n) is 6.14. The molecule has 2 N–H and O–H groups in total. The molecule has 0 aromatic heterocycles. The second-order valence-corrected chi connectivity index (χ2v) is 7.17. The normalized spacial score (nSPS) is 16.1. The van der Waals surface area contributed by atoms with Crippen LogP contribution in [0.1, 0.15) is 12.5 Å². The Morgan fingerprint density at radius 2 is 1.94 bits per heavy atom. The zero-order valence-electron chi connectivity index (χ0n) is 16.6. The quantitative estimate of drug-likeness (QED) is 0.380. The van der Waals surface area contributed by atoms with Crippen LogP contribution >= 0.6 is 11.8 Å². The molecule has 2 aromatic carbocycles. The molecule has 0 atom stereocenters. The molecule has 1 heterocycles. The molecule has 3 rings (SSSR count). The van der Waals surface area contributed by atoms with Gasteiger partial charge in [-0.3, -0.25) is 10.1 Å². The van der Waals surface area contributed by atoms with Gasteiger partial charge in [-0.15, -0.1) is 0 Å². The average molecular weight is 442 g/mol. The number of nitrogens with zero attached hydrogens (tertiary/aromatic N) is 2. The monoisotopic (exact) mass is 442 g/mol. The number of methoxy groups -OCH3 is 1. The van der Waals surface area contributed by atoms with Crippen LogP contribution in [0.2, 0.25) is 0 Å². The summed E-state index contributed by atoms with van der Waals surface area (Å²) in [6.45, 7) is 1.73. The number of nitro groups is 1. The first-order chi connectivity index (χ1) is 14.8. The highest BCUT2D eigenvalue weighted by Crippen LogP contribution is 2.42. The summed E-state index contributed by atoms with van der Waals surface area (Å²) < 4.78 is 10.1. The van der Waals surface area contributed by atoms with Crippen LogP contribution in [-0.2, 0) is 9.53 Å². The van der Waals surface area contributed by atoms with E-state index in [-0.39, 0.29) is 45.1 Å². The van der Waals surface area contributed by atoms with E-state index in [1.807, 2.05) is 0 Å². The minimum atomic E-state index is -0.758. The lowest BCUT2D eigenvalue weighted by atomic mass is 10.1. The molecule has 0 radical (unpaired) electrons. The zero-order chi connectivity index (χ0) is 22.5. The smallest absolute Gasteiger partial charge is 0.344 e. The van der Waals surface area contributed by atoms with Gasteiger partial charge in [0.1, 0.15) is 16.4 Å². The van der Waals surface area contributed by atoms with Gasteiger partial charge in [-0.2, -0.15) is 0 Å². The molecule has 31 heavy (non-hydrogen) atoms. The van der Waals surface area contributed by atoms with Crippen molar-refractivity contribution in [3.05, 3.63) is 74.4 Å². The van der Waals surface area contributed by atoms with E-state index in [1.165, 1.54) is 37.5 Å². The molecule has 0 aliphatic carbocycles. The van der Waals surface area contributed by atoms with Gasteiger partial charge in [-0.05, 0) is 31.2 Å². The van der Waals surface area contributed by atoms with Crippen LogP contribution in [0.3, 0.4) is 0 Å². The summed E-state index contributed by atoms with van der Waals surface area (Å²) in [5.74, 6) is -0.965. The molecule has 2 aromatic rings. The largest absolute Gasteiger partial charge is 0.506 e. The number of carbonyl (C=O) groups excluding carboxylic acids is 1. The number of non-ortho nitro benzene ring substituents is 1. The molecular weight excluding hydrogens is 424 g/mol. The van der Waals surface area contributed by atoms with E-state index in [0.29, 0.717) is 11.3 Å². The SMILES string of the molecule is CCOC(=O)C1=C(O)C(=Cc2cccc(OC)c2O)SC1=Nc1ccc([N+](=O)[O-])cc1. The van der Waals surface area contributed by atoms with Gasteiger partial charge in [0.25, 0.3) is 5.69 Å². The van der Waals surface area contributed by atoms with E-state index in [9.17, 15) is 25.1 Å². The summed E-state index contributed by atoms with van der Waals surface area (Å²) in [5, 5.41) is 32.0. The Kier molecular flexibility index (Phi) is 6.61. The standard InChI is InChI=1S/C21H18N2O7S/c1-3-30-21(26)17-19(25)16(11-12-5-4-6-15(29-2)18(12)24)31-20(17)22-13-7-9-14(10-8-13)23(27)28/h4-11,24-25H,3H2,1-2H3. The van der Waals surface area contributed by atoms with E-state index < -0.39 is 10.9 Å². The molecule has 160 valence electrons. The van der Waals surface area contributed by atoms with E-state index >= 15 is 0 Å². The Balaban J connectivity index is 2.05.